The molecule has 0 saturated carbocycles. The third kappa shape index (κ3) is 3.93. The fourth-order valence-corrected chi connectivity index (χ4v) is 3.53. The molecule has 132 valence electrons. The van der Waals surface area contributed by atoms with E-state index in [2.05, 4.69) is 20.7 Å². The second-order valence-electron chi connectivity index (χ2n) is 6.00. The van der Waals surface area contributed by atoms with Gasteiger partial charge in [0.25, 0.3) is 5.56 Å². The molecule has 0 fully saturated rings. The van der Waals surface area contributed by atoms with Crippen molar-refractivity contribution in [3.8, 4) is 0 Å². The number of hydrogen-bond acceptors (Lipinski definition) is 6. The molecule has 1 aliphatic carbocycles. The summed E-state index contributed by atoms with van der Waals surface area (Å²) in [7, 11) is 3.20. The van der Waals surface area contributed by atoms with Crippen molar-refractivity contribution in [2.24, 2.45) is 13.0 Å². The van der Waals surface area contributed by atoms with Crippen LogP contribution in [0.2, 0.25) is 0 Å². The lowest BCUT2D eigenvalue weighted by Crippen LogP contribution is -2.31. The first kappa shape index (κ1) is 17.3. The molecule has 1 unspecified atom stereocenters. The maximum Gasteiger partial charge on any atom is 0.266 e. The molecule has 0 aliphatic heterocycles. The van der Waals surface area contributed by atoms with E-state index in [-0.39, 0.29) is 29.7 Å². The predicted molar refractivity (Wildman–Crippen MR) is 93.5 cm³/mol. The zero-order chi connectivity index (χ0) is 18.0. The summed E-state index contributed by atoms with van der Waals surface area (Å²) in [6, 6.07) is 1.56. The first-order valence-corrected chi connectivity index (χ1v) is 8.86. The Balaban J connectivity index is 1.65. The number of nitrogens with one attached hydrogen (secondary N) is 2. The average molecular weight is 361 g/mol. The lowest BCUT2D eigenvalue weighted by Gasteiger charge is -2.22. The summed E-state index contributed by atoms with van der Waals surface area (Å²) >= 11 is 1.30. The minimum atomic E-state index is -0.215. The third-order valence-electron chi connectivity index (χ3n) is 4.23. The molecule has 2 amide bonds. The summed E-state index contributed by atoms with van der Waals surface area (Å²) < 4.78 is 1.32. The fraction of sp³-hybridized carbons (Fsp3) is 0.438. The average Bonchev–Trinajstić information content (AvgIpc) is 3.02. The summed E-state index contributed by atoms with van der Waals surface area (Å²) in [6.45, 7) is 0. The number of amides is 2. The van der Waals surface area contributed by atoms with Crippen molar-refractivity contribution in [1.82, 2.24) is 20.1 Å². The molecule has 0 aromatic carbocycles. The van der Waals surface area contributed by atoms with Crippen LogP contribution in [-0.4, -0.2) is 33.6 Å². The van der Waals surface area contributed by atoms with E-state index in [1.54, 1.807) is 25.5 Å². The Morgan fingerprint density at radius 2 is 2.24 bits per heavy atom. The highest BCUT2D eigenvalue weighted by Gasteiger charge is 2.26. The van der Waals surface area contributed by atoms with Gasteiger partial charge in [-0.1, -0.05) is 0 Å². The van der Waals surface area contributed by atoms with Gasteiger partial charge in [-0.3, -0.25) is 14.4 Å². The van der Waals surface area contributed by atoms with E-state index < -0.39 is 0 Å². The first-order chi connectivity index (χ1) is 12.0. The molecule has 9 heteroatoms. The van der Waals surface area contributed by atoms with Gasteiger partial charge in [-0.25, -0.2) is 9.67 Å². The largest absolute Gasteiger partial charge is 0.359 e. The third-order valence-corrected chi connectivity index (χ3v) is 5.03. The lowest BCUT2D eigenvalue weighted by atomic mass is 9.86. The van der Waals surface area contributed by atoms with Crippen LogP contribution >= 0.6 is 11.3 Å². The van der Waals surface area contributed by atoms with Gasteiger partial charge in [0.05, 0.1) is 17.8 Å². The highest BCUT2D eigenvalue weighted by Crippen LogP contribution is 2.25. The van der Waals surface area contributed by atoms with Crippen molar-refractivity contribution in [2.45, 2.75) is 25.7 Å². The minimum absolute atomic E-state index is 0.118. The number of likely N-dealkylation sites (N-methyl/N-ethyl adjacent to an activating group) is 1. The van der Waals surface area contributed by atoms with Crippen LogP contribution < -0.4 is 16.2 Å². The fourth-order valence-electron chi connectivity index (χ4n) is 2.82. The van der Waals surface area contributed by atoms with Crippen LogP contribution in [0.1, 0.15) is 23.4 Å². The Morgan fingerprint density at radius 1 is 1.44 bits per heavy atom. The van der Waals surface area contributed by atoms with Gasteiger partial charge in [-0.05, 0) is 24.8 Å². The van der Waals surface area contributed by atoms with Crippen molar-refractivity contribution >= 4 is 28.3 Å². The van der Waals surface area contributed by atoms with Gasteiger partial charge < -0.3 is 10.6 Å². The number of fused-ring (bicyclic) bond motifs is 1. The zero-order valence-electron chi connectivity index (χ0n) is 14.0. The molecule has 0 saturated heterocycles. The summed E-state index contributed by atoms with van der Waals surface area (Å²) in [5.41, 5.74) is 2.18. The molecule has 0 spiro atoms. The number of aromatic nitrogens is 3. The summed E-state index contributed by atoms with van der Waals surface area (Å²) in [5, 5.41) is 11.8. The summed E-state index contributed by atoms with van der Waals surface area (Å²) in [6.07, 6.45) is 2.04. The number of nitrogens with zero attached hydrogens (tertiary/aromatic N) is 3. The van der Waals surface area contributed by atoms with Crippen molar-refractivity contribution in [2.75, 3.05) is 12.4 Å². The summed E-state index contributed by atoms with van der Waals surface area (Å²) in [4.78, 5) is 39.8. The number of hydrogen-bond donors (Lipinski definition) is 2. The number of carbonyl (C=O) groups excluding carboxylic acids is 2. The quantitative estimate of drug-likeness (QED) is 0.813. The number of rotatable bonds is 4. The van der Waals surface area contributed by atoms with Crippen LogP contribution in [-0.2, 0) is 35.9 Å². The zero-order valence-corrected chi connectivity index (χ0v) is 14.9. The van der Waals surface area contributed by atoms with Gasteiger partial charge in [0.1, 0.15) is 0 Å². The predicted octanol–water partition coefficient (Wildman–Crippen LogP) is 0.269. The molecule has 2 aromatic rings. The number of carbonyl (C=O) groups is 2. The van der Waals surface area contributed by atoms with E-state index in [0.717, 1.165) is 11.3 Å². The molecule has 2 N–H and O–H groups in total. The Hall–Kier alpha value is -2.55. The Kier molecular flexibility index (Phi) is 4.93. The molecule has 2 heterocycles. The molecule has 2 aromatic heterocycles. The van der Waals surface area contributed by atoms with Crippen molar-refractivity contribution in [1.29, 1.82) is 0 Å². The Morgan fingerprint density at radius 3 is 3.00 bits per heavy atom. The first-order valence-electron chi connectivity index (χ1n) is 7.98. The van der Waals surface area contributed by atoms with E-state index in [1.807, 2.05) is 0 Å². The molecule has 1 atom stereocenters. The van der Waals surface area contributed by atoms with Crippen molar-refractivity contribution < 1.29 is 9.59 Å². The van der Waals surface area contributed by atoms with Gasteiger partial charge in [-0.15, -0.1) is 11.3 Å². The molecular formula is C16H19N5O3S. The van der Waals surface area contributed by atoms with Gasteiger partial charge in [0.15, 0.2) is 5.13 Å². The van der Waals surface area contributed by atoms with Crippen LogP contribution in [0.5, 0.6) is 0 Å². The van der Waals surface area contributed by atoms with Gasteiger partial charge in [-0.2, -0.15) is 5.10 Å². The SMILES string of the molecule is CNC(=O)Cc1csc(NC(=O)C2CCc3nn(C)c(=O)cc3C2)n1. The number of anilines is 1. The Bertz CT molecular complexity index is 873. The molecule has 25 heavy (non-hydrogen) atoms. The van der Waals surface area contributed by atoms with Crippen molar-refractivity contribution in [3.05, 3.63) is 38.8 Å². The van der Waals surface area contributed by atoms with E-state index in [1.165, 1.54) is 16.0 Å². The highest BCUT2D eigenvalue weighted by molar-refractivity contribution is 7.13. The second-order valence-corrected chi connectivity index (χ2v) is 6.86. The second kappa shape index (κ2) is 7.14. The maximum atomic E-state index is 12.5. The smallest absolute Gasteiger partial charge is 0.266 e. The van der Waals surface area contributed by atoms with Gasteiger partial charge >= 0.3 is 0 Å². The molecule has 0 bridgehead atoms. The summed E-state index contributed by atoms with van der Waals surface area (Å²) in [5.74, 6) is -0.457. The lowest BCUT2D eigenvalue weighted by molar-refractivity contribution is -0.120. The molecule has 8 nitrogen and oxygen atoms in total. The Labute approximate surface area is 148 Å². The number of thiazole rings is 1. The van der Waals surface area contributed by atoms with Gasteiger partial charge in [0.2, 0.25) is 11.8 Å². The van der Waals surface area contributed by atoms with Crippen LogP contribution in [0.15, 0.2) is 16.2 Å². The monoisotopic (exact) mass is 361 g/mol. The molecular weight excluding hydrogens is 342 g/mol. The van der Waals surface area contributed by atoms with Gasteiger partial charge in [0, 0.05) is 31.5 Å². The topological polar surface area (TPSA) is 106 Å². The molecule has 3 rings (SSSR count). The van der Waals surface area contributed by atoms with Crippen LogP contribution in [0.25, 0.3) is 0 Å². The molecule has 0 radical (unpaired) electrons. The van der Waals surface area contributed by atoms with E-state index in [0.29, 0.717) is 30.1 Å². The van der Waals surface area contributed by atoms with Crippen molar-refractivity contribution in [3.63, 3.8) is 0 Å². The standard InChI is InChI=1S/C16H19N5O3S/c1-17-13(22)7-11-8-25-16(18-11)19-15(24)9-3-4-12-10(5-9)6-14(23)21(2)20-12/h6,8-9H,3-5,7H2,1-2H3,(H,17,22)(H,18,19,24). The van der Waals surface area contributed by atoms with E-state index >= 15 is 0 Å². The van der Waals surface area contributed by atoms with Crippen LogP contribution in [0, 0.1) is 5.92 Å². The van der Waals surface area contributed by atoms with E-state index in [4.69, 9.17) is 0 Å². The van der Waals surface area contributed by atoms with Crippen LogP contribution in [0.4, 0.5) is 5.13 Å². The highest BCUT2D eigenvalue weighted by atomic mass is 32.1. The minimum Gasteiger partial charge on any atom is -0.359 e. The van der Waals surface area contributed by atoms with E-state index in [9.17, 15) is 14.4 Å². The normalized spacial score (nSPS) is 16.2. The van der Waals surface area contributed by atoms with Crippen LogP contribution in [0.3, 0.4) is 0 Å². The maximum absolute atomic E-state index is 12.5. The number of aryl methyl sites for hydroxylation is 2. The molecule has 1 aliphatic rings.